The van der Waals surface area contributed by atoms with Crippen LogP contribution >= 0.6 is 0 Å². The Kier molecular flexibility index (Phi) is 4.98. The van der Waals surface area contributed by atoms with Gasteiger partial charge in [0, 0.05) is 31.5 Å². The van der Waals surface area contributed by atoms with Crippen molar-refractivity contribution >= 4 is 15.6 Å². The maximum Gasteiger partial charge on any atom is 0.246 e. The summed E-state index contributed by atoms with van der Waals surface area (Å²) in [4.78, 5) is 18.1. The minimum absolute atomic E-state index is 0.151. The SMILES string of the molecule is CC(=O)CCCC#Cc1cnc(S(C)(=O)=O)nc1. The van der Waals surface area contributed by atoms with Gasteiger partial charge in [0.15, 0.2) is 0 Å². The van der Waals surface area contributed by atoms with Crippen molar-refractivity contribution in [1.29, 1.82) is 0 Å². The number of ketones is 1. The molecule has 5 nitrogen and oxygen atoms in total. The van der Waals surface area contributed by atoms with Gasteiger partial charge in [-0.2, -0.15) is 0 Å². The summed E-state index contributed by atoms with van der Waals surface area (Å²) in [6, 6.07) is 0. The Bertz CT molecular complexity index is 580. The van der Waals surface area contributed by atoms with E-state index in [1.54, 1.807) is 6.92 Å². The summed E-state index contributed by atoms with van der Waals surface area (Å²) in [7, 11) is -3.37. The molecule has 1 aromatic rings. The highest BCUT2D eigenvalue weighted by molar-refractivity contribution is 7.90. The van der Waals surface area contributed by atoms with E-state index in [4.69, 9.17) is 0 Å². The summed E-state index contributed by atoms with van der Waals surface area (Å²) in [5.74, 6) is 5.85. The summed E-state index contributed by atoms with van der Waals surface area (Å²) in [5.41, 5.74) is 0.560. The third-order valence-corrected chi connectivity index (χ3v) is 2.90. The Morgan fingerprint density at radius 2 is 1.94 bits per heavy atom. The van der Waals surface area contributed by atoms with Crippen LogP contribution in [0.5, 0.6) is 0 Å². The third-order valence-electron chi connectivity index (χ3n) is 2.02. The van der Waals surface area contributed by atoms with Crippen molar-refractivity contribution in [2.45, 2.75) is 31.3 Å². The molecule has 1 aromatic heterocycles. The summed E-state index contributed by atoms with van der Waals surface area (Å²) in [5, 5.41) is -0.204. The number of unbranched alkanes of at least 4 members (excludes halogenated alkanes) is 1. The van der Waals surface area contributed by atoms with Gasteiger partial charge in [-0.15, -0.1) is 0 Å². The van der Waals surface area contributed by atoms with E-state index < -0.39 is 9.84 Å². The fourth-order valence-corrected chi connectivity index (χ4v) is 1.65. The monoisotopic (exact) mass is 266 g/mol. The molecule has 0 spiro atoms. The molecule has 1 rings (SSSR count). The maximum absolute atomic E-state index is 11.1. The highest BCUT2D eigenvalue weighted by Crippen LogP contribution is 2.01. The third kappa shape index (κ3) is 5.06. The Balaban J connectivity index is 2.59. The average molecular weight is 266 g/mol. The first kappa shape index (κ1) is 14.3. The number of carbonyl (C=O) groups is 1. The second-order valence-electron chi connectivity index (χ2n) is 3.88. The lowest BCUT2D eigenvalue weighted by atomic mass is 10.2. The molecule has 0 unspecified atom stereocenters. The van der Waals surface area contributed by atoms with Crippen LogP contribution in [-0.4, -0.2) is 30.4 Å². The Labute approximate surface area is 107 Å². The van der Waals surface area contributed by atoms with Gasteiger partial charge in [-0.1, -0.05) is 11.8 Å². The van der Waals surface area contributed by atoms with Crippen molar-refractivity contribution in [3.05, 3.63) is 18.0 Å². The molecule has 0 aliphatic heterocycles. The van der Waals surface area contributed by atoms with Crippen molar-refractivity contribution in [1.82, 2.24) is 9.97 Å². The van der Waals surface area contributed by atoms with Gasteiger partial charge in [0.2, 0.25) is 15.0 Å². The minimum Gasteiger partial charge on any atom is -0.300 e. The van der Waals surface area contributed by atoms with Crippen LogP contribution in [0.2, 0.25) is 0 Å². The first-order valence-electron chi connectivity index (χ1n) is 5.40. The summed E-state index contributed by atoms with van der Waals surface area (Å²) in [6.45, 7) is 1.55. The second kappa shape index (κ2) is 6.26. The highest BCUT2D eigenvalue weighted by Gasteiger charge is 2.09. The molecule has 0 N–H and O–H groups in total. The zero-order valence-electron chi connectivity index (χ0n) is 10.3. The van der Waals surface area contributed by atoms with Crippen molar-refractivity contribution in [3.63, 3.8) is 0 Å². The number of sulfone groups is 1. The van der Waals surface area contributed by atoms with Crippen LogP contribution in [0.15, 0.2) is 17.6 Å². The molecule has 0 aromatic carbocycles. The summed E-state index contributed by atoms with van der Waals surface area (Å²) < 4.78 is 22.2. The van der Waals surface area contributed by atoms with E-state index in [9.17, 15) is 13.2 Å². The maximum atomic E-state index is 11.1. The lowest BCUT2D eigenvalue weighted by Crippen LogP contribution is -2.03. The predicted molar refractivity (Wildman–Crippen MR) is 66.6 cm³/mol. The minimum atomic E-state index is -3.37. The Hall–Kier alpha value is -1.74. The molecular formula is C12H14N2O3S. The van der Waals surface area contributed by atoms with Gasteiger partial charge in [0.25, 0.3) is 0 Å². The zero-order valence-corrected chi connectivity index (χ0v) is 11.1. The standard InChI is InChI=1S/C12H14N2O3S/c1-10(15)6-4-3-5-7-11-8-13-12(14-9-11)18(2,16)17/h8-9H,3-4,6H2,1-2H3. The fraction of sp³-hybridized carbons (Fsp3) is 0.417. The van der Waals surface area contributed by atoms with Crippen molar-refractivity contribution in [2.24, 2.45) is 0 Å². The van der Waals surface area contributed by atoms with E-state index in [0.717, 1.165) is 12.7 Å². The topological polar surface area (TPSA) is 77.0 Å². The highest BCUT2D eigenvalue weighted by atomic mass is 32.2. The summed E-state index contributed by atoms with van der Waals surface area (Å²) in [6.07, 6.45) is 5.67. The number of nitrogens with zero attached hydrogens (tertiary/aromatic N) is 2. The Morgan fingerprint density at radius 1 is 1.33 bits per heavy atom. The van der Waals surface area contributed by atoms with Gasteiger partial charge in [-0.3, -0.25) is 0 Å². The predicted octanol–water partition coefficient (Wildman–Crippen LogP) is 0.991. The molecular weight excluding hydrogens is 252 g/mol. The molecule has 18 heavy (non-hydrogen) atoms. The van der Waals surface area contributed by atoms with Gasteiger partial charge in [0.05, 0.1) is 5.56 Å². The number of aromatic nitrogens is 2. The van der Waals surface area contributed by atoms with Crippen LogP contribution in [0.3, 0.4) is 0 Å². The molecule has 0 saturated heterocycles. The zero-order chi connectivity index (χ0) is 13.6. The molecule has 0 saturated carbocycles. The van der Waals surface area contributed by atoms with Gasteiger partial charge >= 0.3 is 0 Å². The molecule has 0 aliphatic carbocycles. The molecule has 0 atom stereocenters. The molecule has 0 aliphatic rings. The van der Waals surface area contributed by atoms with E-state index in [-0.39, 0.29) is 10.9 Å². The van der Waals surface area contributed by atoms with Gasteiger partial charge < -0.3 is 4.79 Å². The van der Waals surface area contributed by atoms with Crippen LogP contribution in [0.1, 0.15) is 31.7 Å². The number of Topliss-reactive ketones (excluding diaryl/α,β-unsaturated/α-hetero) is 1. The molecule has 6 heteroatoms. The van der Waals surface area contributed by atoms with Crippen molar-refractivity contribution < 1.29 is 13.2 Å². The normalized spacial score (nSPS) is 10.6. The smallest absolute Gasteiger partial charge is 0.246 e. The van der Waals surface area contributed by atoms with Crippen LogP contribution < -0.4 is 0 Å². The fourth-order valence-electron chi connectivity index (χ4n) is 1.16. The van der Waals surface area contributed by atoms with E-state index in [1.807, 2.05) is 0 Å². The van der Waals surface area contributed by atoms with E-state index in [2.05, 4.69) is 21.8 Å². The molecule has 96 valence electrons. The molecule has 0 amide bonds. The van der Waals surface area contributed by atoms with Crippen molar-refractivity contribution in [3.8, 4) is 11.8 Å². The summed E-state index contributed by atoms with van der Waals surface area (Å²) >= 11 is 0. The number of rotatable bonds is 4. The van der Waals surface area contributed by atoms with Gasteiger partial charge in [-0.05, 0) is 13.3 Å². The molecule has 1 heterocycles. The number of hydrogen-bond acceptors (Lipinski definition) is 5. The van der Waals surface area contributed by atoms with E-state index >= 15 is 0 Å². The lowest BCUT2D eigenvalue weighted by molar-refractivity contribution is -0.117. The first-order valence-corrected chi connectivity index (χ1v) is 7.29. The number of carbonyl (C=O) groups excluding carboxylic acids is 1. The molecule has 0 radical (unpaired) electrons. The van der Waals surface area contributed by atoms with E-state index in [0.29, 0.717) is 18.4 Å². The first-order chi connectivity index (χ1) is 8.39. The Morgan fingerprint density at radius 3 is 2.44 bits per heavy atom. The quantitative estimate of drug-likeness (QED) is 0.461. The van der Waals surface area contributed by atoms with Crippen LogP contribution in [0, 0.1) is 11.8 Å². The number of hydrogen-bond donors (Lipinski definition) is 0. The average Bonchev–Trinajstić information content (AvgIpc) is 2.27. The van der Waals surface area contributed by atoms with Crippen LogP contribution in [0.25, 0.3) is 0 Å². The molecule has 0 bridgehead atoms. The van der Waals surface area contributed by atoms with Crippen LogP contribution in [-0.2, 0) is 14.6 Å². The van der Waals surface area contributed by atoms with E-state index in [1.165, 1.54) is 12.4 Å². The van der Waals surface area contributed by atoms with Crippen molar-refractivity contribution in [2.75, 3.05) is 6.26 Å². The van der Waals surface area contributed by atoms with Gasteiger partial charge in [0.1, 0.15) is 5.78 Å². The second-order valence-corrected chi connectivity index (χ2v) is 5.79. The molecule has 0 fully saturated rings. The lowest BCUT2D eigenvalue weighted by Gasteiger charge is -1.95. The largest absolute Gasteiger partial charge is 0.300 e. The van der Waals surface area contributed by atoms with Gasteiger partial charge in [-0.25, -0.2) is 18.4 Å². The van der Waals surface area contributed by atoms with Crippen LogP contribution in [0.4, 0.5) is 0 Å².